The van der Waals surface area contributed by atoms with Crippen LogP contribution in [0.4, 0.5) is 5.82 Å². The van der Waals surface area contributed by atoms with E-state index in [1.807, 2.05) is 53.1 Å². The van der Waals surface area contributed by atoms with E-state index in [0.717, 1.165) is 23.5 Å². The van der Waals surface area contributed by atoms with Gasteiger partial charge in [-0.05, 0) is 29.8 Å². The van der Waals surface area contributed by atoms with Crippen LogP contribution in [0.1, 0.15) is 11.4 Å². The molecule has 0 aliphatic rings. The zero-order valence-corrected chi connectivity index (χ0v) is 10.7. The van der Waals surface area contributed by atoms with Crippen molar-refractivity contribution in [2.45, 2.75) is 6.42 Å². The summed E-state index contributed by atoms with van der Waals surface area (Å²) in [6.45, 7) is 0. The summed E-state index contributed by atoms with van der Waals surface area (Å²) in [5, 5.41) is 0. The van der Waals surface area contributed by atoms with Crippen LogP contribution in [0.3, 0.4) is 0 Å². The molecule has 3 aromatic rings. The van der Waals surface area contributed by atoms with Crippen molar-refractivity contribution < 1.29 is 4.74 Å². The molecule has 0 bridgehead atoms. The molecule has 0 aliphatic carbocycles. The molecule has 0 radical (unpaired) electrons. The van der Waals surface area contributed by atoms with Crippen LogP contribution in [-0.4, -0.2) is 16.5 Å². The number of pyridine rings is 1. The lowest BCUT2D eigenvalue weighted by molar-refractivity contribution is 0.414. The average Bonchev–Trinajstić information content (AvgIpc) is 2.84. The van der Waals surface area contributed by atoms with Crippen LogP contribution in [0.25, 0.3) is 5.52 Å². The summed E-state index contributed by atoms with van der Waals surface area (Å²) in [4.78, 5) is 4.45. The van der Waals surface area contributed by atoms with Gasteiger partial charge >= 0.3 is 0 Å². The fourth-order valence-corrected chi connectivity index (χ4v) is 2.19. The van der Waals surface area contributed by atoms with Crippen LogP contribution in [-0.2, 0) is 6.42 Å². The van der Waals surface area contributed by atoms with Crippen LogP contribution >= 0.6 is 0 Å². The molecule has 0 amide bonds. The summed E-state index contributed by atoms with van der Waals surface area (Å²) in [5.41, 5.74) is 8.20. The second kappa shape index (κ2) is 4.65. The lowest BCUT2D eigenvalue weighted by Gasteiger charge is -2.06. The number of benzene rings is 1. The smallest absolute Gasteiger partial charge is 0.119 e. The molecule has 3 rings (SSSR count). The normalized spacial score (nSPS) is 10.8. The summed E-state index contributed by atoms with van der Waals surface area (Å²) in [7, 11) is 1.66. The third-order valence-electron chi connectivity index (χ3n) is 3.18. The minimum Gasteiger partial charge on any atom is -0.497 e. The van der Waals surface area contributed by atoms with Crippen molar-refractivity contribution in [3.05, 3.63) is 60.0 Å². The maximum Gasteiger partial charge on any atom is 0.119 e. The first kappa shape index (κ1) is 11.6. The molecule has 2 heterocycles. The molecule has 0 unspecified atom stereocenters. The van der Waals surface area contributed by atoms with Gasteiger partial charge in [-0.2, -0.15) is 0 Å². The third-order valence-corrected chi connectivity index (χ3v) is 3.18. The summed E-state index contributed by atoms with van der Waals surface area (Å²) in [5.74, 6) is 2.51. The number of fused-ring (bicyclic) bond motifs is 1. The molecule has 2 aromatic heterocycles. The number of anilines is 1. The van der Waals surface area contributed by atoms with Crippen molar-refractivity contribution in [1.29, 1.82) is 0 Å². The van der Waals surface area contributed by atoms with Crippen molar-refractivity contribution in [2.75, 3.05) is 12.8 Å². The van der Waals surface area contributed by atoms with Crippen LogP contribution in [0.15, 0.2) is 48.7 Å². The van der Waals surface area contributed by atoms with E-state index in [4.69, 9.17) is 10.5 Å². The van der Waals surface area contributed by atoms with E-state index in [1.165, 1.54) is 5.56 Å². The monoisotopic (exact) mass is 253 g/mol. The van der Waals surface area contributed by atoms with Gasteiger partial charge in [0.1, 0.15) is 17.4 Å². The van der Waals surface area contributed by atoms with Gasteiger partial charge in [0.15, 0.2) is 0 Å². The van der Waals surface area contributed by atoms with Crippen LogP contribution in [0.2, 0.25) is 0 Å². The topological polar surface area (TPSA) is 52.5 Å². The summed E-state index contributed by atoms with van der Waals surface area (Å²) >= 11 is 0. The maximum absolute atomic E-state index is 6.00. The number of nitrogens with zero attached hydrogens (tertiary/aromatic N) is 2. The number of rotatable bonds is 3. The van der Waals surface area contributed by atoms with Crippen molar-refractivity contribution in [1.82, 2.24) is 9.38 Å². The molecule has 19 heavy (non-hydrogen) atoms. The van der Waals surface area contributed by atoms with Crippen molar-refractivity contribution in [3.8, 4) is 5.75 Å². The average molecular weight is 253 g/mol. The molecule has 0 saturated carbocycles. The SMILES string of the molecule is COc1ccc(Cc2ncc3cccc(N)n23)cc1. The van der Waals surface area contributed by atoms with Gasteiger partial charge < -0.3 is 10.5 Å². The highest BCUT2D eigenvalue weighted by molar-refractivity contribution is 5.53. The standard InChI is InChI=1S/C15H15N3O/c1-19-13-7-5-11(6-8-13)9-15-17-10-12-3-2-4-14(16)18(12)15/h2-8,10H,9,16H2,1H3. The van der Waals surface area contributed by atoms with Gasteiger partial charge in [0.25, 0.3) is 0 Å². The van der Waals surface area contributed by atoms with Gasteiger partial charge in [-0.25, -0.2) is 4.98 Å². The molecule has 96 valence electrons. The first-order valence-electron chi connectivity index (χ1n) is 6.11. The lowest BCUT2D eigenvalue weighted by Crippen LogP contribution is -2.02. The Bertz CT molecular complexity index is 701. The predicted molar refractivity (Wildman–Crippen MR) is 75.4 cm³/mol. The van der Waals surface area contributed by atoms with Gasteiger partial charge in [0, 0.05) is 6.42 Å². The third kappa shape index (κ3) is 2.12. The van der Waals surface area contributed by atoms with E-state index in [-0.39, 0.29) is 0 Å². The Balaban J connectivity index is 1.96. The Kier molecular flexibility index (Phi) is 2.83. The highest BCUT2D eigenvalue weighted by Crippen LogP contribution is 2.17. The zero-order valence-electron chi connectivity index (χ0n) is 10.7. The number of nitrogens with two attached hydrogens (primary N) is 1. The van der Waals surface area contributed by atoms with E-state index in [0.29, 0.717) is 5.82 Å². The Morgan fingerprint density at radius 1 is 1.16 bits per heavy atom. The van der Waals surface area contributed by atoms with Gasteiger partial charge in [-0.1, -0.05) is 18.2 Å². The van der Waals surface area contributed by atoms with Crippen molar-refractivity contribution >= 4 is 11.3 Å². The summed E-state index contributed by atoms with van der Waals surface area (Å²) in [6.07, 6.45) is 2.58. The predicted octanol–water partition coefficient (Wildman–Crippen LogP) is 2.52. The largest absolute Gasteiger partial charge is 0.497 e. The number of nitrogen functional groups attached to an aromatic ring is 1. The van der Waals surface area contributed by atoms with Crippen LogP contribution in [0, 0.1) is 0 Å². The highest BCUT2D eigenvalue weighted by Gasteiger charge is 2.06. The Morgan fingerprint density at radius 2 is 1.95 bits per heavy atom. The Hall–Kier alpha value is -2.49. The van der Waals surface area contributed by atoms with Crippen LogP contribution in [0.5, 0.6) is 5.75 Å². The second-order valence-electron chi connectivity index (χ2n) is 4.41. The molecular formula is C15H15N3O. The Labute approximate surface area is 111 Å². The molecular weight excluding hydrogens is 238 g/mol. The second-order valence-corrected chi connectivity index (χ2v) is 4.41. The molecule has 0 fully saturated rings. The molecule has 2 N–H and O–H groups in total. The first-order valence-corrected chi connectivity index (χ1v) is 6.11. The van der Waals surface area contributed by atoms with Gasteiger partial charge in [-0.3, -0.25) is 4.40 Å². The molecule has 0 spiro atoms. The van der Waals surface area contributed by atoms with Gasteiger partial charge in [-0.15, -0.1) is 0 Å². The number of ether oxygens (including phenoxy) is 1. The highest BCUT2D eigenvalue weighted by atomic mass is 16.5. The fraction of sp³-hybridized carbons (Fsp3) is 0.133. The fourth-order valence-electron chi connectivity index (χ4n) is 2.19. The van der Waals surface area contributed by atoms with E-state index >= 15 is 0 Å². The molecule has 0 atom stereocenters. The molecule has 0 aliphatic heterocycles. The number of hydrogen-bond donors (Lipinski definition) is 1. The quantitative estimate of drug-likeness (QED) is 0.780. The number of aromatic nitrogens is 2. The summed E-state index contributed by atoms with van der Waals surface area (Å²) < 4.78 is 7.13. The minimum absolute atomic E-state index is 0.707. The molecule has 4 nitrogen and oxygen atoms in total. The number of methoxy groups -OCH3 is 1. The van der Waals surface area contributed by atoms with Gasteiger partial charge in [0.05, 0.1) is 18.8 Å². The molecule has 1 aromatic carbocycles. The molecule has 0 saturated heterocycles. The number of imidazole rings is 1. The number of hydrogen-bond acceptors (Lipinski definition) is 3. The van der Waals surface area contributed by atoms with E-state index in [1.54, 1.807) is 7.11 Å². The van der Waals surface area contributed by atoms with E-state index < -0.39 is 0 Å². The first-order chi connectivity index (χ1) is 9.28. The van der Waals surface area contributed by atoms with E-state index in [9.17, 15) is 0 Å². The van der Waals surface area contributed by atoms with E-state index in [2.05, 4.69) is 4.98 Å². The van der Waals surface area contributed by atoms with Crippen molar-refractivity contribution in [2.24, 2.45) is 0 Å². The lowest BCUT2D eigenvalue weighted by atomic mass is 10.1. The van der Waals surface area contributed by atoms with Crippen molar-refractivity contribution in [3.63, 3.8) is 0 Å². The van der Waals surface area contributed by atoms with Gasteiger partial charge in [0.2, 0.25) is 0 Å². The van der Waals surface area contributed by atoms with Crippen LogP contribution < -0.4 is 10.5 Å². The molecule has 4 heteroatoms. The zero-order chi connectivity index (χ0) is 13.2. The summed E-state index contributed by atoms with van der Waals surface area (Å²) in [6, 6.07) is 13.8. The maximum atomic E-state index is 6.00. The Morgan fingerprint density at radius 3 is 2.68 bits per heavy atom. The minimum atomic E-state index is 0.707.